The van der Waals surface area contributed by atoms with Crippen LogP contribution in [-0.4, -0.2) is 12.4 Å². The first-order valence-corrected chi connectivity index (χ1v) is 5.96. The highest BCUT2D eigenvalue weighted by Gasteiger charge is 2.10. The second kappa shape index (κ2) is 6.33. The topological polar surface area (TPSA) is 9.23 Å². The van der Waals surface area contributed by atoms with E-state index in [2.05, 4.69) is 28.6 Å². The highest BCUT2D eigenvalue weighted by Crippen LogP contribution is 2.29. The first-order valence-electron chi connectivity index (χ1n) is 4.53. The number of rotatable bonds is 5. The smallest absolute Gasteiger partial charge is 0.169 e. The molecule has 0 saturated carbocycles. The third-order valence-corrected chi connectivity index (χ3v) is 2.67. The molecule has 0 aromatic heterocycles. The molecule has 0 unspecified atom stereocenters. The van der Waals surface area contributed by atoms with Crippen LogP contribution >= 0.6 is 28.6 Å². The second-order valence-electron chi connectivity index (χ2n) is 2.98. The van der Waals surface area contributed by atoms with E-state index in [0.717, 1.165) is 24.7 Å². The summed E-state index contributed by atoms with van der Waals surface area (Å²) in [5.74, 6) is -0.471. The van der Waals surface area contributed by atoms with Crippen molar-refractivity contribution in [2.75, 3.05) is 12.4 Å². The Balaban J connectivity index is 2.60. The Kier molecular flexibility index (Phi) is 5.39. The molecule has 0 heterocycles. The average Bonchev–Trinajstić information content (AvgIpc) is 2.15. The summed E-state index contributed by atoms with van der Waals surface area (Å²) in [6, 6.07) is 1.98. The fourth-order valence-electron chi connectivity index (χ4n) is 1.05. The third-order valence-electron chi connectivity index (χ3n) is 1.76. The Bertz CT molecular complexity index is 310. The van der Waals surface area contributed by atoms with Gasteiger partial charge >= 0.3 is 0 Å². The molecule has 84 valence electrons. The monoisotopic (exact) mass is 296 g/mol. The Morgan fingerprint density at radius 1 is 1.27 bits per heavy atom. The van der Waals surface area contributed by atoms with Crippen molar-refractivity contribution in [3.05, 3.63) is 28.2 Å². The Morgan fingerprint density at radius 3 is 2.60 bits per heavy atom. The van der Waals surface area contributed by atoms with Gasteiger partial charge in [-0.25, -0.2) is 8.78 Å². The van der Waals surface area contributed by atoms with Gasteiger partial charge in [0.2, 0.25) is 0 Å². The lowest BCUT2D eigenvalue weighted by atomic mass is 10.3. The zero-order valence-corrected chi connectivity index (χ0v) is 10.5. The van der Waals surface area contributed by atoms with Gasteiger partial charge in [-0.1, -0.05) is 0 Å². The van der Waals surface area contributed by atoms with E-state index in [-0.39, 0.29) is 5.75 Å². The summed E-state index contributed by atoms with van der Waals surface area (Å²) in [5, 5.41) is 0. The maximum atomic E-state index is 13.2. The van der Waals surface area contributed by atoms with Crippen molar-refractivity contribution in [3.63, 3.8) is 0 Å². The number of hydrogen-bond donors (Lipinski definition) is 1. The number of thiol groups is 1. The summed E-state index contributed by atoms with van der Waals surface area (Å²) in [4.78, 5) is 0. The SMILES string of the molecule is Fc1cc(F)c(OCCCCS)c(Br)c1. The molecule has 1 aromatic carbocycles. The molecule has 1 rings (SSSR count). The second-order valence-corrected chi connectivity index (χ2v) is 4.28. The number of ether oxygens (including phenoxy) is 1. The molecule has 0 radical (unpaired) electrons. The van der Waals surface area contributed by atoms with Crippen molar-refractivity contribution >= 4 is 28.6 Å². The predicted octanol–water partition coefficient (Wildman–Crippen LogP) is 3.82. The molecule has 1 nitrogen and oxygen atoms in total. The van der Waals surface area contributed by atoms with Crippen LogP contribution in [0.2, 0.25) is 0 Å². The maximum absolute atomic E-state index is 13.2. The first-order chi connectivity index (χ1) is 7.15. The molecule has 1 aromatic rings. The molecule has 0 bridgehead atoms. The van der Waals surface area contributed by atoms with Gasteiger partial charge in [0, 0.05) is 6.07 Å². The molecule has 0 aliphatic heterocycles. The third kappa shape index (κ3) is 3.99. The first kappa shape index (κ1) is 12.8. The van der Waals surface area contributed by atoms with E-state index in [1.165, 1.54) is 6.07 Å². The molecule has 0 aliphatic rings. The van der Waals surface area contributed by atoms with Gasteiger partial charge in [-0.05, 0) is 40.6 Å². The number of unbranched alkanes of at least 4 members (excludes halogenated alkanes) is 1. The zero-order chi connectivity index (χ0) is 11.3. The van der Waals surface area contributed by atoms with Gasteiger partial charge in [-0.2, -0.15) is 12.6 Å². The van der Waals surface area contributed by atoms with E-state index in [0.29, 0.717) is 11.1 Å². The van der Waals surface area contributed by atoms with Crippen molar-refractivity contribution < 1.29 is 13.5 Å². The van der Waals surface area contributed by atoms with E-state index in [1.807, 2.05) is 0 Å². The lowest BCUT2D eigenvalue weighted by Gasteiger charge is -2.08. The Morgan fingerprint density at radius 2 is 2.00 bits per heavy atom. The molecule has 0 fully saturated rings. The van der Waals surface area contributed by atoms with Crippen LogP contribution in [0, 0.1) is 11.6 Å². The fourth-order valence-corrected chi connectivity index (χ4v) is 1.80. The van der Waals surface area contributed by atoms with Gasteiger partial charge in [0.15, 0.2) is 11.6 Å². The molecule has 0 amide bonds. The minimum Gasteiger partial charge on any atom is -0.489 e. The van der Waals surface area contributed by atoms with Crippen LogP contribution in [0.5, 0.6) is 5.75 Å². The van der Waals surface area contributed by atoms with Crippen molar-refractivity contribution in [3.8, 4) is 5.75 Å². The van der Waals surface area contributed by atoms with E-state index < -0.39 is 11.6 Å². The van der Waals surface area contributed by atoms with Gasteiger partial charge in [0.1, 0.15) is 5.82 Å². The van der Waals surface area contributed by atoms with Crippen molar-refractivity contribution in [2.45, 2.75) is 12.8 Å². The molecule has 0 N–H and O–H groups in total. The van der Waals surface area contributed by atoms with Crippen molar-refractivity contribution in [1.29, 1.82) is 0 Å². The van der Waals surface area contributed by atoms with Crippen molar-refractivity contribution in [1.82, 2.24) is 0 Å². The number of halogens is 3. The standard InChI is InChI=1S/C10H11BrF2OS/c11-8-5-7(12)6-9(13)10(8)14-3-1-2-4-15/h5-6,15H,1-4H2. The Hall–Kier alpha value is -0.290. The summed E-state index contributed by atoms with van der Waals surface area (Å²) >= 11 is 7.09. The average molecular weight is 297 g/mol. The summed E-state index contributed by atoms with van der Waals surface area (Å²) in [5.41, 5.74) is 0. The summed E-state index contributed by atoms with van der Waals surface area (Å²) in [6.45, 7) is 0.404. The predicted molar refractivity (Wildman–Crippen MR) is 62.6 cm³/mol. The van der Waals surface area contributed by atoms with Gasteiger partial charge < -0.3 is 4.74 Å². The van der Waals surface area contributed by atoms with Crippen LogP contribution in [0.15, 0.2) is 16.6 Å². The fraction of sp³-hybridized carbons (Fsp3) is 0.400. The normalized spacial score (nSPS) is 10.4. The van der Waals surface area contributed by atoms with Gasteiger partial charge in [-0.15, -0.1) is 0 Å². The lowest BCUT2D eigenvalue weighted by molar-refractivity contribution is 0.291. The molecule has 0 saturated heterocycles. The van der Waals surface area contributed by atoms with Gasteiger partial charge in [0.05, 0.1) is 11.1 Å². The van der Waals surface area contributed by atoms with Crippen molar-refractivity contribution in [2.24, 2.45) is 0 Å². The minimum atomic E-state index is -0.687. The quantitative estimate of drug-likeness (QED) is 0.642. The molecule has 0 spiro atoms. The van der Waals surface area contributed by atoms with E-state index >= 15 is 0 Å². The molecule has 5 heteroatoms. The van der Waals surface area contributed by atoms with Crippen LogP contribution in [0.3, 0.4) is 0 Å². The van der Waals surface area contributed by atoms with Crippen LogP contribution in [0.4, 0.5) is 8.78 Å². The number of hydrogen-bond acceptors (Lipinski definition) is 2. The minimum absolute atomic E-state index is 0.0653. The van der Waals surface area contributed by atoms with E-state index in [1.54, 1.807) is 0 Å². The molecule has 0 aliphatic carbocycles. The maximum Gasteiger partial charge on any atom is 0.169 e. The lowest BCUT2D eigenvalue weighted by Crippen LogP contribution is -2.00. The van der Waals surface area contributed by atoms with E-state index in [4.69, 9.17) is 4.74 Å². The van der Waals surface area contributed by atoms with Gasteiger partial charge in [-0.3, -0.25) is 0 Å². The summed E-state index contributed by atoms with van der Waals surface area (Å²) < 4.78 is 31.4. The van der Waals surface area contributed by atoms with E-state index in [9.17, 15) is 8.78 Å². The largest absolute Gasteiger partial charge is 0.489 e. The molecular weight excluding hydrogens is 286 g/mol. The Labute approximate surface area is 101 Å². The summed E-state index contributed by atoms with van der Waals surface area (Å²) in [7, 11) is 0. The molecule has 0 atom stereocenters. The van der Waals surface area contributed by atoms with Crippen LogP contribution in [-0.2, 0) is 0 Å². The van der Waals surface area contributed by atoms with Crippen LogP contribution in [0.1, 0.15) is 12.8 Å². The van der Waals surface area contributed by atoms with Gasteiger partial charge in [0.25, 0.3) is 0 Å². The van der Waals surface area contributed by atoms with Crippen LogP contribution < -0.4 is 4.74 Å². The molecule has 15 heavy (non-hydrogen) atoms. The zero-order valence-electron chi connectivity index (χ0n) is 7.97. The number of benzene rings is 1. The highest BCUT2D eigenvalue weighted by molar-refractivity contribution is 9.10. The summed E-state index contributed by atoms with van der Waals surface area (Å²) in [6.07, 6.45) is 1.70. The molecular formula is C10H11BrF2OS. The van der Waals surface area contributed by atoms with Crippen LogP contribution in [0.25, 0.3) is 0 Å². The highest BCUT2D eigenvalue weighted by atomic mass is 79.9.